The van der Waals surface area contributed by atoms with Crippen molar-refractivity contribution in [1.82, 2.24) is 4.98 Å². The summed E-state index contributed by atoms with van der Waals surface area (Å²) >= 11 is 0. The van der Waals surface area contributed by atoms with E-state index in [-0.39, 0.29) is 6.04 Å². The fourth-order valence-electron chi connectivity index (χ4n) is 1.40. The fourth-order valence-corrected chi connectivity index (χ4v) is 1.40. The van der Waals surface area contributed by atoms with Gasteiger partial charge in [-0.25, -0.2) is 4.98 Å². The molecule has 0 saturated carbocycles. The van der Waals surface area contributed by atoms with Gasteiger partial charge >= 0.3 is 0 Å². The second-order valence-electron chi connectivity index (χ2n) is 4.02. The number of hydrogen-bond donors (Lipinski definition) is 2. The van der Waals surface area contributed by atoms with E-state index >= 15 is 0 Å². The molecule has 14 heavy (non-hydrogen) atoms. The summed E-state index contributed by atoms with van der Waals surface area (Å²) in [6, 6.07) is -0.289. The largest absolute Gasteiger partial charge is 0.443 e. The molecule has 4 heteroatoms. The van der Waals surface area contributed by atoms with Crippen molar-refractivity contribution in [3.05, 3.63) is 17.8 Å². The standard InChI is InChI=1S/C10H18N2O2/c1-6(2)4-8(11)10(13)9-5-12-7(3)14-9/h5-6,8,10,13H,4,11H2,1-3H3. The lowest BCUT2D eigenvalue weighted by Gasteiger charge is -2.18. The van der Waals surface area contributed by atoms with E-state index < -0.39 is 6.10 Å². The number of nitrogens with two attached hydrogens (primary N) is 1. The second-order valence-corrected chi connectivity index (χ2v) is 4.02. The number of aryl methyl sites for hydroxylation is 1. The van der Waals surface area contributed by atoms with Crippen molar-refractivity contribution < 1.29 is 9.52 Å². The van der Waals surface area contributed by atoms with Gasteiger partial charge in [0.15, 0.2) is 11.7 Å². The predicted molar refractivity (Wildman–Crippen MR) is 53.6 cm³/mol. The summed E-state index contributed by atoms with van der Waals surface area (Å²) in [6.07, 6.45) is 1.54. The first-order valence-electron chi connectivity index (χ1n) is 4.86. The molecular formula is C10H18N2O2. The van der Waals surface area contributed by atoms with Crippen molar-refractivity contribution in [2.24, 2.45) is 11.7 Å². The van der Waals surface area contributed by atoms with Gasteiger partial charge < -0.3 is 15.3 Å². The van der Waals surface area contributed by atoms with Crippen LogP contribution in [-0.2, 0) is 0 Å². The van der Waals surface area contributed by atoms with E-state index in [1.54, 1.807) is 6.92 Å². The fraction of sp³-hybridized carbons (Fsp3) is 0.700. The normalized spacial score (nSPS) is 15.9. The average molecular weight is 198 g/mol. The molecule has 0 aromatic carbocycles. The molecule has 0 radical (unpaired) electrons. The zero-order valence-electron chi connectivity index (χ0n) is 8.90. The summed E-state index contributed by atoms with van der Waals surface area (Å²) in [5.74, 6) is 1.47. The van der Waals surface area contributed by atoms with Gasteiger partial charge in [-0.2, -0.15) is 0 Å². The van der Waals surface area contributed by atoms with E-state index in [1.807, 2.05) is 0 Å². The highest BCUT2D eigenvalue weighted by Gasteiger charge is 2.21. The molecule has 3 N–H and O–H groups in total. The molecule has 0 fully saturated rings. The third-order valence-electron chi connectivity index (χ3n) is 2.08. The van der Waals surface area contributed by atoms with Crippen LogP contribution in [0.25, 0.3) is 0 Å². The number of rotatable bonds is 4. The summed E-state index contributed by atoms with van der Waals surface area (Å²) < 4.78 is 5.21. The monoisotopic (exact) mass is 198 g/mol. The summed E-state index contributed by atoms with van der Waals surface area (Å²) in [4.78, 5) is 3.92. The Balaban J connectivity index is 2.60. The molecule has 0 bridgehead atoms. The van der Waals surface area contributed by atoms with Crippen LogP contribution in [0.3, 0.4) is 0 Å². The molecule has 0 saturated heterocycles. The molecule has 0 aliphatic heterocycles. The van der Waals surface area contributed by atoms with Crippen LogP contribution < -0.4 is 5.73 Å². The van der Waals surface area contributed by atoms with Gasteiger partial charge in [0, 0.05) is 13.0 Å². The molecule has 0 aliphatic carbocycles. The topological polar surface area (TPSA) is 72.3 Å². The second kappa shape index (κ2) is 4.57. The van der Waals surface area contributed by atoms with E-state index in [4.69, 9.17) is 10.2 Å². The van der Waals surface area contributed by atoms with Crippen LogP contribution in [0.15, 0.2) is 10.6 Å². The number of oxazole rings is 1. The SMILES string of the molecule is Cc1ncc(C(O)C(N)CC(C)C)o1. The molecule has 0 amide bonds. The number of aliphatic hydroxyl groups is 1. The maximum Gasteiger partial charge on any atom is 0.191 e. The molecule has 2 unspecified atom stereocenters. The molecule has 1 aromatic rings. The third kappa shape index (κ3) is 2.82. The summed E-state index contributed by atoms with van der Waals surface area (Å²) in [7, 11) is 0. The van der Waals surface area contributed by atoms with E-state index in [9.17, 15) is 5.11 Å². The number of aliphatic hydroxyl groups excluding tert-OH is 1. The van der Waals surface area contributed by atoms with Crippen molar-refractivity contribution in [1.29, 1.82) is 0 Å². The molecule has 2 atom stereocenters. The van der Waals surface area contributed by atoms with Crippen molar-refractivity contribution in [2.75, 3.05) is 0 Å². The van der Waals surface area contributed by atoms with Crippen molar-refractivity contribution in [3.8, 4) is 0 Å². The number of hydrogen-bond acceptors (Lipinski definition) is 4. The highest BCUT2D eigenvalue weighted by molar-refractivity contribution is 5.00. The highest BCUT2D eigenvalue weighted by atomic mass is 16.4. The summed E-state index contributed by atoms with van der Waals surface area (Å²) in [6.45, 7) is 5.88. The first-order valence-corrected chi connectivity index (χ1v) is 4.86. The van der Waals surface area contributed by atoms with Gasteiger partial charge in [0.05, 0.1) is 6.20 Å². The molecule has 1 rings (SSSR count). The Morgan fingerprint density at radius 1 is 1.57 bits per heavy atom. The van der Waals surface area contributed by atoms with Crippen LogP contribution in [0, 0.1) is 12.8 Å². The quantitative estimate of drug-likeness (QED) is 0.766. The summed E-state index contributed by atoms with van der Waals surface area (Å²) in [5.41, 5.74) is 5.82. The Bertz CT molecular complexity index is 283. The van der Waals surface area contributed by atoms with Crippen molar-refractivity contribution >= 4 is 0 Å². The van der Waals surface area contributed by atoms with Crippen LogP contribution in [0.1, 0.15) is 38.0 Å². The molecule has 0 spiro atoms. The van der Waals surface area contributed by atoms with Gasteiger partial charge in [-0.15, -0.1) is 0 Å². The van der Waals surface area contributed by atoms with Crippen LogP contribution in [0.2, 0.25) is 0 Å². The van der Waals surface area contributed by atoms with Crippen LogP contribution in [0.5, 0.6) is 0 Å². The molecule has 1 aromatic heterocycles. The van der Waals surface area contributed by atoms with Crippen LogP contribution >= 0.6 is 0 Å². The van der Waals surface area contributed by atoms with Gasteiger partial charge in [0.25, 0.3) is 0 Å². The minimum atomic E-state index is -0.751. The van der Waals surface area contributed by atoms with Crippen LogP contribution in [-0.4, -0.2) is 16.1 Å². The van der Waals surface area contributed by atoms with E-state index in [0.29, 0.717) is 17.6 Å². The number of aromatic nitrogens is 1. The van der Waals surface area contributed by atoms with E-state index in [2.05, 4.69) is 18.8 Å². The lowest BCUT2D eigenvalue weighted by Crippen LogP contribution is -2.29. The van der Waals surface area contributed by atoms with Gasteiger partial charge in [0.1, 0.15) is 6.10 Å². The molecular weight excluding hydrogens is 180 g/mol. The number of nitrogens with zero attached hydrogens (tertiary/aromatic N) is 1. The van der Waals surface area contributed by atoms with E-state index in [1.165, 1.54) is 6.20 Å². The van der Waals surface area contributed by atoms with Gasteiger partial charge in [0.2, 0.25) is 0 Å². The highest BCUT2D eigenvalue weighted by Crippen LogP contribution is 2.20. The zero-order valence-corrected chi connectivity index (χ0v) is 8.90. The van der Waals surface area contributed by atoms with Gasteiger partial charge in [-0.1, -0.05) is 13.8 Å². The molecule has 1 heterocycles. The lowest BCUT2D eigenvalue weighted by atomic mass is 9.99. The third-order valence-corrected chi connectivity index (χ3v) is 2.08. The average Bonchev–Trinajstić information content (AvgIpc) is 2.49. The van der Waals surface area contributed by atoms with Gasteiger partial charge in [-0.3, -0.25) is 0 Å². The van der Waals surface area contributed by atoms with E-state index in [0.717, 1.165) is 6.42 Å². The van der Waals surface area contributed by atoms with Crippen molar-refractivity contribution in [2.45, 2.75) is 39.3 Å². The smallest absolute Gasteiger partial charge is 0.191 e. The Morgan fingerprint density at radius 3 is 2.64 bits per heavy atom. The first-order chi connectivity index (χ1) is 6.50. The maximum atomic E-state index is 9.79. The minimum Gasteiger partial charge on any atom is -0.443 e. The molecule has 80 valence electrons. The Labute approximate surface area is 84.1 Å². The first kappa shape index (κ1) is 11.2. The maximum absolute atomic E-state index is 9.79. The zero-order chi connectivity index (χ0) is 10.7. The lowest BCUT2D eigenvalue weighted by molar-refractivity contribution is 0.111. The Kier molecular flexibility index (Phi) is 3.66. The Hall–Kier alpha value is -0.870. The van der Waals surface area contributed by atoms with Crippen LogP contribution in [0.4, 0.5) is 0 Å². The Morgan fingerprint density at radius 2 is 2.21 bits per heavy atom. The van der Waals surface area contributed by atoms with Crippen molar-refractivity contribution in [3.63, 3.8) is 0 Å². The predicted octanol–water partition coefficient (Wildman–Crippen LogP) is 1.39. The molecule has 0 aliphatic rings. The van der Waals surface area contributed by atoms with Gasteiger partial charge in [-0.05, 0) is 12.3 Å². The minimum absolute atomic E-state index is 0.289. The molecule has 4 nitrogen and oxygen atoms in total. The summed E-state index contributed by atoms with van der Waals surface area (Å²) in [5, 5.41) is 9.79.